The van der Waals surface area contributed by atoms with Crippen molar-refractivity contribution in [2.24, 2.45) is 0 Å². The summed E-state index contributed by atoms with van der Waals surface area (Å²) in [5.74, 6) is 0.290. The number of rotatable bonds is 4. The van der Waals surface area contributed by atoms with Gasteiger partial charge in [-0.2, -0.15) is 0 Å². The fourth-order valence-electron chi connectivity index (χ4n) is 4.50. The quantitative estimate of drug-likeness (QED) is 0.840. The molecule has 0 bridgehead atoms. The van der Waals surface area contributed by atoms with Gasteiger partial charge >= 0.3 is 0 Å². The normalized spacial score (nSPS) is 27.8. The topological polar surface area (TPSA) is 57.0 Å². The second-order valence-corrected chi connectivity index (χ2v) is 7.11. The standard InChI is InChI=1S/C18H25N3O3/c22-17-4-3-15-16(20(17)11-10-19-7-1-2-8-19)5-9-21(15)18(23)14-6-12-24-13-14/h6,12-13,15-16H,1-5,7-11H2/t15-,16-/m0/s1. The van der Waals surface area contributed by atoms with Crippen LogP contribution in [-0.2, 0) is 4.79 Å². The lowest BCUT2D eigenvalue weighted by Crippen LogP contribution is -2.54. The minimum absolute atomic E-state index is 0.0325. The number of hydrogen-bond acceptors (Lipinski definition) is 4. The third kappa shape index (κ3) is 2.83. The summed E-state index contributed by atoms with van der Waals surface area (Å²) in [6.45, 7) is 4.80. The molecule has 3 fully saturated rings. The average molecular weight is 331 g/mol. The first-order chi connectivity index (χ1) is 11.7. The molecule has 6 heteroatoms. The average Bonchev–Trinajstić information content (AvgIpc) is 3.33. The van der Waals surface area contributed by atoms with Crippen molar-refractivity contribution in [2.75, 3.05) is 32.7 Å². The van der Waals surface area contributed by atoms with E-state index in [2.05, 4.69) is 9.80 Å². The van der Waals surface area contributed by atoms with Crippen LogP contribution >= 0.6 is 0 Å². The van der Waals surface area contributed by atoms with Crippen molar-refractivity contribution in [3.05, 3.63) is 24.2 Å². The first kappa shape index (κ1) is 15.7. The molecule has 0 aliphatic carbocycles. The SMILES string of the molecule is O=C1CC[C@H]2[C@H](CCN2C(=O)c2ccoc2)N1CCN1CCCC1. The van der Waals surface area contributed by atoms with Crippen LogP contribution in [0.3, 0.4) is 0 Å². The Morgan fingerprint density at radius 3 is 2.71 bits per heavy atom. The molecular weight excluding hydrogens is 306 g/mol. The summed E-state index contributed by atoms with van der Waals surface area (Å²) in [4.78, 5) is 31.6. The highest BCUT2D eigenvalue weighted by molar-refractivity contribution is 5.94. The largest absolute Gasteiger partial charge is 0.472 e. The number of carbonyl (C=O) groups excluding carboxylic acids is 2. The maximum Gasteiger partial charge on any atom is 0.257 e. The second-order valence-electron chi connectivity index (χ2n) is 7.11. The molecule has 4 heterocycles. The third-order valence-electron chi connectivity index (χ3n) is 5.77. The van der Waals surface area contributed by atoms with Gasteiger partial charge in [-0.3, -0.25) is 9.59 Å². The first-order valence-corrected chi connectivity index (χ1v) is 9.09. The van der Waals surface area contributed by atoms with Gasteiger partial charge in [0.15, 0.2) is 0 Å². The second kappa shape index (κ2) is 6.59. The van der Waals surface area contributed by atoms with Crippen LogP contribution in [0.25, 0.3) is 0 Å². The number of amides is 2. The molecule has 0 unspecified atom stereocenters. The highest BCUT2D eigenvalue weighted by atomic mass is 16.3. The lowest BCUT2D eigenvalue weighted by molar-refractivity contribution is -0.137. The van der Waals surface area contributed by atoms with Gasteiger partial charge in [-0.05, 0) is 44.8 Å². The molecule has 3 aliphatic heterocycles. The van der Waals surface area contributed by atoms with E-state index in [-0.39, 0.29) is 23.9 Å². The summed E-state index contributed by atoms with van der Waals surface area (Å²) in [5, 5.41) is 0. The Balaban J connectivity index is 1.43. The maximum absolute atomic E-state index is 12.7. The van der Waals surface area contributed by atoms with E-state index in [1.54, 1.807) is 6.07 Å². The van der Waals surface area contributed by atoms with Crippen LogP contribution in [0.2, 0.25) is 0 Å². The van der Waals surface area contributed by atoms with E-state index in [4.69, 9.17) is 4.42 Å². The van der Waals surface area contributed by atoms with Crippen molar-refractivity contribution in [3.63, 3.8) is 0 Å². The van der Waals surface area contributed by atoms with Crippen LogP contribution in [0.1, 0.15) is 42.5 Å². The van der Waals surface area contributed by atoms with Crippen molar-refractivity contribution < 1.29 is 14.0 Å². The van der Waals surface area contributed by atoms with Gasteiger partial charge in [0.1, 0.15) is 6.26 Å². The van der Waals surface area contributed by atoms with Crippen LogP contribution in [0, 0.1) is 0 Å². The smallest absolute Gasteiger partial charge is 0.257 e. The molecule has 3 aliphatic rings. The molecule has 1 aromatic heterocycles. The third-order valence-corrected chi connectivity index (χ3v) is 5.77. The Morgan fingerprint density at radius 2 is 1.96 bits per heavy atom. The molecule has 24 heavy (non-hydrogen) atoms. The molecule has 2 amide bonds. The van der Waals surface area contributed by atoms with Gasteiger partial charge in [-0.25, -0.2) is 0 Å². The van der Waals surface area contributed by atoms with E-state index in [0.717, 1.165) is 45.6 Å². The maximum atomic E-state index is 12.7. The van der Waals surface area contributed by atoms with Crippen molar-refractivity contribution in [2.45, 2.75) is 44.2 Å². The molecule has 2 atom stereocenters. The van der Waals surface area contributed by atoms with Crippen molar-refractivity contribution in [3.8, 4) is 0 Å². The molecule has 1 aromatic rings. The van der Waals surface area contributed by atoms with E-state index >= 15 is 0 Å². The zero-order valence-corrected chi connectivity index (χ0v) is 14.0. The molecular formula is C18H25N3O3. The Hall–Kier alpha value is -1.82. The van der Waals surface area contributed by atoms with Gasteiger partial charge in [0, 0.05) is 26.1 Å². The number of fused-ring (bicyclic) bond motifs is 1. The fourth-order valence-corrected chi connectivity index (χ4v) is 4.50. The minimum Gasteiger partial charge on any atom is -0.472 e. The summed E-state index contributed by atoms with van der Waals surface area (Å²) < 4.78 is 5.05. The van der Waals surface area contributed by atoms with Crippen molar-refractivity contribution >= 4 is 11.8 Å². The number of hydrogen-bond donors (Lipinski definition) is 0. The van der Waals surface area contributed by atoms with Crippen LogP contribution < -0.4 is 0 Å². The molecule has 3 saturated heterocycles. The number of nitrogens with zero attached hydrogens (tertiary/aromatic N) is 3. The molecule has 0 aromatic carbocycles. The van der Waals surface area contributed by atoms with Gasteiger partial charge in [-0.1, -0.05) is 0 Å². The summed E-state index contributed by atoms with van der Waals surface area (Å²) >= 11 is 0. The Labute approximate surface area is 142 Å². The summed E-state index contributed by atoms with van der Waals surface area (Å²) in [6.07, 6.45) is 7.81. The zero-order valence-electron chi connectivity index (χ0n) is 14.0. The summed E-state index contributed by atoms with van der Waals surface area (Å²) in [5.41, 5.74) is 0.608. The highest BCUT2D eigenvalue weighted by Crippen LogP contribution is 2.32. The first-order valence-electron chi connectivity index (χ1n) is 9.09. The number of piperidine rings is 1. The van der Waals surface area contributed by atoms with E-state index < -0.39 is 0 Å². The van der Waals surface area contributed by atoms with Gasteiger partial charge < -0.3 is 19.1 Å². The van der Waals surface area contributed by atoms with Crippen LogP contribution in [0.15, 0.2) is 23.0 Å². The van der Waals surface area contributed by atoms with E-state index in [0.29, 0.717) is 12.0 Å². The molecule has 0 N–H and O–H groups in total. The number of furan rings is 1. The predicted molar refractivity (Wildman–Crippen MR) is 88.6 cm³/mol. The van der Waals surface area contributed by atoms with E-state index in [1.165, 1.54) is 25.4 Å². The van der Waals surface area contributed by atoms with Crippen LogP contribution in [0.5, 0.6) is 0 Å². The monoisotopic (exact) mass is 331 g/mol. The van der Waals surface area contributed by atoms with E-state index in [1.807, 2.05) is 4.90 Å². The number of carbonyl (C=O) groups is 2. The molecule has 0 radical (unpaired) electrons. The molecule has 0 spiro atoms. The van der Waals surface area contributed by atoms with Gasteiger partial charge in [0.25, 0.3) is 5.91 Å². The molecule has 6 nitrogen and oxygen atoms in total. The van der Waals surface area contributed by atoms with Gasteiger partial charge in [-0.15, -0.1) is 0 Å². The van der Waals surface area contributed by atoms with Gasteiger partial charge in [0.2, 0.25) is 5.91 Å². The van der Waals surface area contributed by atoms with Crippen LogP contribution in [-0.4, -0.2) is 71.3 Å². The van der Waals surface area contributed by atoms with E-state index in [9.17, 15) is 9.59 Å². The number of likely N-dealkylation sites (tertiary alicyclic amines) is 3. The Morgan fingerprint density at radius 1 is 1.12 bits per heavy atom. The zero-order chi connectivity index (χ0) is 16.5. The molecule has 130 valence electrons. The summed E-state index contributed by atoms with van der Waals surface area (Å²) in [6, 6.07) is 2.06. The Kier molecular flexibility index (Phi) is 4.31. The predicted octanol–water partition coefficient (Wildman–Crippen LogP) is 1.58. The van der Waals surface area contributed by atoms with Gasteiger partial charge in [0.05, 0.1) is 23.9 Å². The molecule has 0 saturated carbocycles. The lowest BCUT2D eigenvalue weighted by atomic mass is 9.96. The minimum atomic E-state index is 0.0325. The van der Waals surface area contributed by atoms with Crippen LogP contribution in [0.4, 0.5) is 0 Å². The lowest BCUT2D eigenvalue weighted by Gasteiger charge is -2.40. The van der Waals surface area contributed by atoms with Crippen molar-refractivity contribution in [1.29, 1.82) is 0 Å². The fraction of sp³-hybridized carbons (Fsp3) is 0.667. The highest BCUT2D eigenvalue weighted by Gasteiger charge is 2.44. The summed E-state index contributed by atoms with van der Waals surface area (Å²) in [7, 11) is 0. The molecule has 4 rings (SSSR count). The van der Waals surface area contributed by atoms with Crippen molar-refractivity contribution in [1.82, 2.24) is 14.7 Å². The Bertz CT molecular complexity index is 595.